The minimum atomic E-state index is -0.450. The molecule has 1 atom stereocenters. The van der Waals surface area contributed by atoms with Crippen molar-refractivity contribution in [2.45, 2.75) is 20.8 Å². The van der Waals surface area contributed by atoms with E-state index in [-0.39, 0.29) is 18.2 Å². The maximum atomic E-state index is 12.7. The van der Waals surface area contributed by atoms with Gasteiger partial charge in [-0.1, -0.05) is 18.2 Å². The third-order valence-electron chi connectivity index (χ3n) is 3.69. The zero-order chi connectivity index (χ0) is 17.7. The Hall–Kier alpha value is -2.94. The van der Waals surface area contributed by atoms with E-state index < -0.39 is 11.3 Å². The van der Waals surface area contributed by atoms with Crippen molar-refractivity contribution in [1.29, 1.82) is 5.26 Å². The number of para-hydroxylation sites is 1. The smallest absolute Gasteiger partial charge is 0.278 e. The average Bonchev–Trinajstić information content (AvgIpc) is 2.59. The molecule has 6 heteroatoms. The molecule has 0 saturated heterocycles. The van der Waals surface area contributed by atoms with Gasteiger partial charge in [0.2, 0.25) is 5.43 Å². The fourth-order valence-corrected chi connectivity index (χ4v) is 2.40. The summed E-state index contributed by atoms with van der Waals surface area (Å²) in [4.78, 5) is 26.4. The Bertz CT molecular complexity index is 821. The van der Waals surface area contributed by atoms with Gasteiger partial charge in [0, 0.05) is 24.8 Å². The number of nitriles is 1. The van der Waals surface area contributed by atoms with Crippen LogP contribution in [-0.2, 0) is 0 Å². The number of nitrogens with zero attached hydrogens (tertiary/aromatic N) is 4. The zero-order valence-corrected chi connectivity index (χ0v) is 14.1. The van der Waals surface area contributed by atoms with Crippen LogP contribution >= 0.6 is 0 Å². The summed E-state index contributed by atoms with van der Waals surface area (Å²) in [5.41, 5.74) is 0.887. The van der Waals surface area contributed by atoms with Crippen LogP contribution in [0.2, 0.25) is 0 Å². The molecule has 1 amide bonds. The van der Waals surface area contributed by atoms with E-state index in [2.05, 4.69) is 11.2 Å². The number of amides is 1. The summed E-state index contributed by atoms with van der Waals surface area (Å²) >= 11 is 0. The largest absolute Gasteiger partial charge is 0.336 e. The lowest BCUT2D eigenvalue weighted by molar-refractivity contribution is 0.0743. The van der Waals surface area contributed by atoms with E-state index in [1.165, 1.54) is 11.0 Å². The van der Waals surface area contributed by atoms with E-state index in [0.29, 0.717) is 12.2 Å². The number of aryl methyl sites for hydroxylation is 1. The van der Waals surface area contributed by atoms with Crippen LogP contribution in [0.15, 0.2) is 41.2 Å². The number of rotatable bonds is 5. The van der Waals surface area contributed by atoms with E-state index >= 15 is 0 Å². The molecule has 2 rings (SSSR count). The predicted octanol–water partition coefficient (Wildman–Crippen LogP) is 2.16. The van der Waals surface area contributed by atoms with E-state index in [9.17, 15) is 9.59 Å². The molecule has 2 aromatic rings. The average molecular weight is 324 g/mol. The van der Waals surface area contributed by atoms with E-state index in [1.807, 2.05) is 37.3 Å². The van der Waals surface area contributed by atoms with Gasteiger partial charge in [0.25, 0.3) is 5.91 Å². The molecule has 1 unspecified atom stereocenters. The van der Waals surface area contributed by atoms with Crippen molar-refractivity contribution in [3.05, 3.63) is 58.0 Å². The molecular formula is C18H20N4O2. The van der Waals surface area contributed by atoms with E-state index in [4.69, 9.17) is 5.26 Å². The first-order valence-corrected chi connectivity index (χ1v) is 7.83. The highest BCUT2D eigenvalue weighted by Crippen LogP contribution is 2.09. The Balaban J connectivity index is 2.45. The second kappa shape index (κ2) is 7.55. The molecule has 0 aliphatic rings. The number of aromatic nitrogens is 2. The Morgan fingerprint density at radius 3 is 2.62 bits per heavy atom. The van der Waals surface area contributed by atoms with Crippen molar-refractivity contribution in [3.63, 3.8) is 0 Å². The summed E-state index contributed by atoms with van der Waals surface area (Å²) < 4.78 is 1.58. The molecule has 0 saturated carbocycles. The van der Waals surface area contributed by atoms with Crippen LogP contribution in [0.4, 0.5) is 0 Å². The third kappa shape index (κ3) is 3.69. The number of carbonyl (C=O) groups excluding carboxylic acids is 1. The molecule has 6 nitrogen and oxygen atoms in total. The Labute approximate surface area is 141 Å². The standard InChI is InChI=1S/C18H20N4O2/c1-4-21(12-13(2)11-19)18(24)17-16(23)10-14(3)22(20-17)15-8-6-5-7-9-15/h5-10,13H,4,12H2,1-3H3. The molecule has 1 aromatic heterocycles. The highest BCUT2D eigenvalue weighted by Gasteiger charge is 2.22. The maximum absolute atomic E-state index is 12.7. The van der Waals surface area contributed by atoms with Crippen LogP contribution in [0.25, 0.3) is 5.69 Å². The first-order valence-electron chi connectivity index (χ1n) is 7.83. The van der Waals surface area contributed by atoms with Gasteiger partial charge in [-0.25, -0.2) is 4.68 Å². The normalized spacial score (nSPS) is 11.6. The van der Waals surface area contributed by atoms with E-state index in [0.717, 1.165) is 5.69 Å². The molecule has 0 spiro atoms. The minimum Gasteiger partial charge on any atom is -0.336 e. The first-order chi connectivity index (χ1) is 11.5. The van der Waals surface area contributed by atoms with Gasteiger partial charge < -0.3 is 4.90 Å². The second-order valence-electron chi connectivity index (χ2n) is 5.62. The zero-order valence-electron chi connectivity index (χ0n) is 14.1. The minimum absolute atomic E-state index is 0.128. The van der Waals surface area contributed by atoms with E-state index in [1.54, 1.807) is 18.5 Å². The molecule has 0 radical (unpaired) electrons. The number of carbonyl (C=O) groups is 1. The van der Waals surface area contributed by atoms with Crippen molar-refractivity contribution < 1.29 is 4.79 Å². The third-order valence-corrected chi connectivity index (χ3v) is 3.69. The lowest BCUT2D eigenvalue weighted by Crippen LogP contribution is -2.38. The summed E-state index contributed by atoms with van der Waals surface area (Å²) in [6.07, 6.45) is 0. The number of hydrogen-bond acceptors (Lipinski definition) is 4. The molecule has 0 bridgehead atoms. The second-order valence-corrected chi connectivity index (χ2v) is 5.62. The van der Waals surface area contributed by atoms with Gasteiger partial charge in [0.15, 0.2) is 5.69 Å². The van der Waals surface area contributed by atoms with Gasteiger partial charge in [-0.15, -0.1) is 0 Å². The molecule has 1 aromatic carbocycles. The van der Waals surface area contributed by atoms with Gasteiger partial charge in [-0.2, -0.15) is 10.4 Å². The summed E-state index contributed by atoms with van der Waals surface area (Å²) in [7, 11) is 0. The fraction of sp³-hybridized carbons (Fsp3) is 0.333. The Morgan fingerprint density at radius 2 is 2.04 bits per heavy atom. The van der Waals surface area contributed by atoms with Crippen LogP contribution < -0.4 is 5.43 Å². The van der Waals surface area contributed by atoms with Crippen molar-refractivity contribution in [2.75, 3.05) is 13.1 Å². The van der Waals surface area contributed by atoms with Crippen molar-refractivity contribution in [1.82, 2.24) is 14.7 Å². The quantitative estimate of drug-likeness (QED) is 0.844. The molecule has 0 aliphatic carbocycles. The van der Waals surface area contributed by atoms with Crippen LogP contribution in [0.3, 0.4) is 0 Å². The monoisotopic (exact) mass is 324 g/mol. The SMILES string of the molecule is CCN(CC(C)C#N)C(=O)c1nn(-c2ccccc2)c(C)cc1=O. The lowest BCUT2D eigenvalue weighted by Gasteiger charge is -2.21. The molecule has 124 valence electrons. The molecule has 0 fully saturated rings. The van der Waals surface area contributed by atoms with Gasteiger partial charge in [-0.3, -0.25) is 9.59 Å². The Kier molecular flexibility index (Phi) is 5.48. The van der Waals surface area contributed by atoms with Crippen LogP contribution in [-0.4, -0.2) is 33.7 Å². The molecular weight excluding hydrogens is 304 g/mol. The van der Waals surface area contributed by atoms with Crippen LogP contribution in [0, 0.1) is 24.2 Å². The molecule has 0 N–H and O–H groups in total. The van der Waals surface area contributed by atoms with Crippen molar-refractivity contribution in [3.8, 4) is 11.8 Å². The summed E-state index contributed by atoms with van der Waals surface area (Å²) in [5.74, 6) is -0.759. The molecule has 24 heavy (non-hydrogen) atoms. The Morgan fingerprint density at radius 1 is 1.38 bits per heavy atom. The highest BCUT2D eigenvalue weighted by atomic mass is 16.2. The molecule has 1 heterocycles. The number of hydrogen-bond donors (Lipinski definition) is 0. The topological polar surface area (TPSA) is 79.0 Å². The predicted molar refractivity (Wildman–Crippen MR) is 90.9 cm³/mol. The maximum Gasteiger partial charge on any atom is 0.278 e. The van der Waals surface area contributed by atoms with Gasteiger partial charge in [-0.05, 0) is 32.9 Å². The first kappa shape index (κ1) is 17.4. The van der Waals surface area contributed by atoms with Gasteiger partial charge >= 0.3 is 0 Å². The van der Waals surface area contributed by atoms with Gasteiger partial charge in [0.05, 0.1) is 17.7 Å². The van der Waals surface area contributed by atoms with Crippen molar-refractivity contribution in [2.24, 2.45) is 5.92 Å². The fourth-order valence-electron chi connectivity index (χ4n) is 2.40. The van der Waals surface area contributed by atoms with Crippen LogP contribution in [0.5, 0.6) is 0 Å². The van der Waals surface area contributed by atoms with Crippen LogP contribution in [0.1, 0.15) is 30.0 Å². The highest BCUT2D eigenvalue weighted by molar-refractivity contribution is 5.92. The summed E-state index contributed by atoms with van der Waals surface area (Å²) in [6.45, 7) is 6.00. The summed E-state index contributed by atoms with van der Waals surface area (Å²) in [6, 6.07) is 12.8. The number of benzene rings is 1. The summed E-state index contributed by atoms with van der Waals surface area (Å²) in [5, 5.41) is 13.2. The van der Waals surface area contributed by atoms with Gasteiger partial charge in [0.1, 0.15) is 0 Å². The molecule has 0 aliphatic heterocycles. The van der Waals surface area contributed by atoms with Crippen molar-refractivity contribution >= 4 is 5.91 Å². The lowest BCUT2D eigenvalue weighted by atomic mass is 10.2.